The molecule has 0 saturated heterocycles. The van der Waals surface area contributed by atoms with E-state index in [1.54, 1.807) is 0 Å². The van der Waals surface area contributed by atoms with Crippen molar-refractivity contribution in [1.82, 2.24) is 5.32 Å². The van der Waals surface area contributed by atoms with E-state index in [9.17, 15) is 8.42 Å². The topological polar surface area (TPSA) is 46.2 Å². The van der Waals surface area contributed by atoms with Gasteiger partial charge in [0.1, 0.15) is 9.84 Å². The second kappa shape index (κ2) is 10.1. The van der Waals surface area contributed by atoms with Crippen LogP contribution >= 0.6 is 11.8 Å². The molecule has 0 aromatic carbocycles. The van der Waals surface area contributed by atoms with E-state index in [4.69, 9.17) is 0 Å². The van der Waals surface area contributed by atoms with Crippen LogP contribution in [0.3, 0.4) is 0 Å². The maximum Gasteiger partial charge on any atom is 0.147 e. The van der Waals surface area contributed by atoms with Gasteiger partial charge in [0.2, 0.25) is 0 Å². The van der Waals surface area contributed by atoms with Crippen molar-refractivity contribution in [2.45, 2.75) is 57.7 Å². The standard InChI is InChI=1S/C13H29NO2S2/c1-5-9-14-13(11-17-12(3)6-2)8-7-10-18(4,15)16/h12-14H,5-11H2,1-4H3. The Morgan fingerprint density at radius 3 is 2.44 bits per heavy atom. The van der Waals surface area contributed by atoms with Crippen molar-refractivity contribution >= 4 is 21.6 Å². The normalized spacial score (nSPS) is 15.6. The van der Waals surface area contributed by atoms with E-state index in [1.807, 2.05) is 11.8 Å². The van der Waals surface area contributed by atoms with Crippen LogP contribution in [0, 0.1) is 0 Å². The SMILES string of the molecule is CCCNC(CCCS(C)(=O)=O)CSC(C)CC. The molecule has 110 valence electrons. The summed E-state index contributed by atoms with van der Waals surface area (Å²) in [4.78, 5) is 0. The summed E-state index contributed by atoms with van der Waals surface area (Å²) in [5.74, 6) is 1.39. The molecule has 3 nitrogen and oxygen atoms in total. The molecule has 0 rings (SSSR count). The van der Waals surface area contributed by atoms with Crippen LogP contribution in [0.25, 0.3) is 0 Å². The van der Waals surface area contributed by atoms with Crippen molar-refractivity contribution in [2.24, 2.45) is 0 Å². The van der Waals surface area contributed by atoms with E-state index in [0.29, 0.717) is 17.0 Å². The number of hydrogen-bond donors (Lipinski definition) is 1. The fourth-order valence-electron chi connectivity index (χ4n) is 1.58. The minimum absolute atomic E-state index is 0.311. The van der Waals surface area contributed by atoms with Crippen LogP contribution in [-0.4, -0.2) is 44.0 Å². The lowest BCUT2D eigenvalue weighted by Crippen LogP contribution is -2.33. The Balaban J connectivity index is 3.98. The van der Waals surface area contributed by atoms with Gasteiger partial charge in [-0.1, -0.05) is 20.8 Å². The monoisotopic (exact) mass is 295 g/mol. The number of rotatable bonds is 11. The van der Waals surface area contributed by atoms with E-state index < -0.39 is 9.84 Å². The van der Waals surface area contributed by atoms with Crippen LogP contribution in [-0.2, 0) is 9.84 Å². The summed E-state index contributed by atoms with van der Waals surface area (Å²) in [6, 6.07) is 0.450. The van der Waals surface area contributed by atoms with Gasteiger partial charge in [-0.3, -0.25) is 0 Å². The average Bonchev–Trinajstić information content (AvgIpc) is 2.29. The van der Waals surface area contributed by atoms with Gasteiger partial charge in [0.25, 0.3) is 0 Å². The smallest absolute Gasteiger partial charge is 0.147 e. The van der Waals surface area contributed by atoms with Crippen LogP contribution < -0.4 is 5.32 Å². The van der Waals surface area contributed by atoms with Crippen LogP contribution in [0.5, 0.6) is 0 Å². The van der Waals surface area contributed by atoms with Crippen LogP contribution in [0.15, 0.2) is 0 Å². The number of thioether (sulfide) groups is 1. The van der Waals surface area contributed by atoms with Gasteiger partial charge in [0, 0.05) is 29.1 Å². The Hall–Kier alpha value is 0.260. The zero-order chi connectivity index (χ0) is 14.0. The molecule has 0 spiro atoms. The predicted molar refractivity (Wildman–Crippen MR) is 83.2 cm³/mol. The van der Waals surface area contributed by atoms with Crippen molar-refractivity contribution in [2.75, 3.05) is 24.3 Å². The summed E-state index contributed by atoms with van der Waals surface area (Å²) >= 11 is 1.98. The fraction of sp³-hybridized carbons (Fsp3) is 1.00. The summed E-state index contributed by atoms with van der Waals surface area (Å²) < 4.78 is 22.2. The second-order valence-corrected chi connectivity index (χ2v) is 8.71. The first-order valence-electron chi connectivity index (χ1n) is 6.91. The molecule has 0 aliphatic heterocycles. The van der Waals surface area contributed by atoms with Gasteiger partial charge in [-0.05, 0) is 32.2 Å². The Labute approximate surface area is 117 Å². The average molecular weight is 296 g/mol. The van der Waals surface area contributed by atoms with Gasteiger partial charge in [-0.15, -0.1) is 0 Å². The third-order valence-electron chi connectivity index (χ3n) is 2.91. The lowest BCUT2D eigenvalue weighted by Gasteiger charge is -2.19. The summed E-state index contributed by atoms with van der Waals surface area (Å²) in [6.07, 6.45) is 5.35. The number of hydrogen-bond acceptors (Lipinski definition) is 4. The molecule has 0 aliphatic carbocycles. The molecule has 0 aromatic heterocycles. The van der Waals surface area contributed by atoms with E-state index in [-0.39, 0.29) is 0 Å². The lowest BCUT2D eigenvalue weighted by molar-refractivity contribution is 0.512. The molecular weight excluding hydrogens is 266 g/mol. The molecular formula is C13H29NO2S2. The predicted octanol–water partition coefficient (Wildman–Crippen LogP) is 2.71. The van der Waals surface area contributed by atoms with Crippen molar-refractivity contribution in [1.29, 1.82) is 0 Å². The van der Waals surface area contributed by atoms with Crippen molar-refractivity contribution in [3.05, 3.63) is 0 Å². The molecule has 1 N–H and O–H groups in total. The van der Waals surface area contributed by atoms with Gasteiger partial charge in [0.05, 0.1) is 0 Å². The van der Waals surface area contributed by atoms with Crippen molar-refractivity contribution < 1.29 is 8.42 Å². The van der Waals surface area contributed by atoms with E-state index >= 15 is 0 Å². The Morgan fingerprint density at radius 2 is 1.94 bits per heavy atom. The van der Waals surface area contributed by atoms with Gasteiger partial charge in [0.15, 0.2) is 0 Å². The minimum atomic E-state index is -2.81. The van der Waals surface area contributed by atoms with Crippen molar-refractivity contribution in [3.63, 3.8) is 0 Å². The molecule has 0 aromatic rings. The lowest BCUT2D eigenvalue weighted by atomic mass is 10.2. The summed E-state index contributed by atoms with van der Waals surface area (Å²) in [5.41, 5.74) is 0. The molecule has 5 heteroatoms. The first kappa shape index (κ1) is 18.3. The summed E-state index contributed by atoms with van der Waals surface area (Å²) in [7, 11) is -2.81. The molecule has 0 bridgehead atoms. The molecule has 0 aliphatic rings. The highest BCUT2D eigenvalue weighted by atomic mass is 32.2. The highest BCUT2D eigenvalue weighted by molar-refractivity contribution is 7.99. The maximum absolute atomic E-state index is 11.1. The van der Waals surface area contributed by atoms with Gasteiger partial charge < -0.3 is 5.32 Å². The van der Waals surface area contributed by atoms with Crippen LogP contribution in [0.2, 0.25) is 0 Å². The zero-order valence-corrected chi connectivity index (χ0v) is 13.9. The van der Waals surface area contributed by atoms with Gasteiger partial charge >= 0.3 is 0 Å². The van der Waals surface area contributed by atoms with E-state index in [2.05, 4.69) is 26.1 Å². The summed E-state index contributed by atoms with van der Waals surface area (Å²) in [5, 5.41) is 4.21. The number of nitrogens with one attached hydrogen (secondary N) is 1. The molecule has 0 heterocycles. The highest BCUT2D eigenvalue weighted by Gasteiger charge is 2.11. The van der Waals surface area contributed by atoms with Crippen LogP contribution in [0.4, 0.5) is 0 Å². The van der Waals surface area contributed by atoms with Crippen LogP contribution in [0.1, 0.15) is 46.5 Å². The summed E-state index contributed by atoms with van der Waals surface area (Å²) in [6.45, 7) is 7.63. The Bertz CT molecular complexity index is 291. The fourth-order valence-corrected chi connectivity index (χ4v) is 3.36. The maximum atomic E-state index is 11.1. The molecule has 0 saturated carbocycles. The zero-order valence-electron chi connectivity index (χ0n) is 12.2. The third kappa shape index (κ3) is 11.4. The Morgan fingerprint density at radius 1 is 1.28 bits per heavy atom. The molecule has 2 unspecified atom stereocenters. The number of sulfone groups is 1. The van der Waals surface area contributed by atoms with Gasteiger partial charge in [-0.2, -0.15) is 11.8 Å². The largest absolute Gasteiger partial charge is 0.313 e. The molecule has 18 heavy (non-hydrogen) atoms. The molecule has 0 amide bonds. The van der Waals surface area contributed by atoms with E-state index in [1.165, 1.54) is 12.7 Å². The quantitative estimate of drug-likeness (QED) is 0.636. The first-order chi connectivity index (χ1) is 8.39. The third-order valence-corrected chi connectivity index (χ3v) is 5.44. The van der Waals surface area contributed by atoms with Crippen molar-refractivity contribution in [3.8, 4) is 0 Å². The first-order valence-corrected chi connectivity index (χ1v) is 10.0. The molecule has 2 atom stereocenters. The highest BCUT2D eigenvalue weighted by Crippen LogP contribution is 2.16. The Kier molecular flexibility index (Phi) is 10.2. The molecule has 0 radical (unpaired) electrons. The van der Waals surface area contributed by atoms with E-state index in [0.717, 1.165) is 31.6 Å². The minimum Gasteiger partial charge on any atom is -0.313 e. The molecule has 0 fully saturated rings. The van der Waals surface area contributed by atoms with Gasteiger partial charge in [-0.25, -0.2) is 8.42 Å². The second-order valence-electron chi connectivity index (χ2n) is 4.98.